The molecule has 13 nitrogen and oxygen atoms in total. The quantitative estimate of drug-likeness (QED) is 0.0713. The topological polar surface area (TPSA) is 247 Å². The van der Waals surface area contributed by atoms with Gasteiger partial charge in [0.2, 0.25) is 11.8 Å². The number of hydrogen-bond acceptors (Lipinski definition) is 7. The number of carboxylic acids is 2. The molecule has 0 saturated carbocycles. The molecule has 0 rings (SSSR count). The van der Waals surface area contributed by atoms with Gasteiger partial charge in [0.1, 0.15) is 12.1 Å². The number of nitrogens with two attached hydrogens (primary N) is 3. The van der Waals surface area contributed by atoms with Crippen molar-refractivity contribution in [1.29, 1.82) is 5.41 Å². The van der Waals surface area contributed by atoms with Crippen LogP contribution in [-0.4, -0.2) is 71.1 Å². The molecule has 0 aromatic heterocycles. The van der Waals surface area contributed by atoms with Crippen molar-refractivity contribution in [3.63, 3.8) is 0 Å². The van der Waals surface area contributed by atoms with Gasteiger partial charge in [-0.15, -0.1) is 0 Å². The van der Waals surface area contributed by atoms with E-state index in [1.807, 2.05) is 0 Å². The number of amides is 2. The van der Waals surface area contributed by atoms with Crippen molar-refractivity contribution in [2.45, 2.75) is 63.1 Å². The van der Waals surface area contributed by atoms with Gasteiger partial charge in [-0.05, 0) is 38.6 Å². The van der Waals surface area contributed by atoms with Gasteiger partial charge in [-0.25, -0.2) is 4.79 Å². The molecular formula is C17H33N7O6. The van der Waals surface area contributed by atoms with E-state index in [0.29, 0.717) is 32.2 Å². The summed E-state index contributed by atoms with van der Waals surface area (Å²) < 4.78 is 0. The molecule has 0 radical (unpaired) electrons. The summed E-state index contributed by atoms with van der Waals surface area (Å²) in [5, 5.41) is 32.5. The Balaban J connectivity index is 4.95. The van der Waals surface area contributed by atoms with Crippen LogP contribution in [0.1, 0.15) is 44.9 Å². The lowest BCUT2D eigenvalue weighted by Crippen LogP contribution is -2.54. The summed E-state index contributed by atoms with van der Waals surface area (Å²) in [7, 11) is 0. The molecule has 0 fully saturated rings. The molecule has 13 heteroatoms. The van der Waals surface area contributed by atoms with Crippen LogP contribution in [0.25, 0.3) is 0 Å². The zero-order valence-electron chi connectivity index (χ0n) is 16.9. The predicted molar refractivity (Wildman–Crippen MR) is 108 cm³/mol. The summed E-state index contributed by atoms with van der Waals surface area (Å²) in [5.41, 5.74) is 16.3. The van der Waals surface area contributed by atoms with E-state index in [1.165, 1.54) is 0 Å². The summed E-state index contributed by atoms with van der Waals surface area (Å²) in [6, 6.07) is -3.40. The van der Waals surface area contributed by atoms with Crippen molar-refractivity contribution in [3.05, 3.63) is 0 Å². The highest BCUT2D eigenvalue weighted by molar-refractivity contribution is 5.92. The number of guanidine groups is 1. The predicted octanol–water partition coefficient (Wildman–Crippen LogP) is -2.38. The number of hydrogen-bond donors (Lipinski definition) is 9. The van der Waals surface area contributed by atoms with E-state index in [1.54, 1.807) is 0 Å². The first-order valence-electron chi connectivity index (χ1n) is 9.67. The Morgan fingerprint density at radius 3 is 2.07 bits per heavy atom. The normalized spacial score (nSPS) is 13.5. The SMILES string of the molecule is N=C(N)NCCC[C@H](NC(=O)[C@H](CCC(=O)O)NC(=O)[C@@H](N)CCCCN)C(=O)O. The van der Waals surface area contributed by atoms with Crippen molar-refractivity contribution < 1.29 is 29.4 Å². The highest BCUT2D eigenvalue weighted by Crippen LogP contribution is 2.05. The molecule has 0 aromatic carbocycles. The van der Waals surface area contributed by atoms with Crippen molar-refractivity contribution in [1.82, 2.24) is 16.0 Å². The molecule has 0 aliphatic heterocycles. The smallest absolute Gasteiger partial charge is 0.326 e. The largest absolute Gasteiger partial charge is 0.481 e. The van der Waals surface area contributed by atoms with E-state index < -0.39 is 48.3 Å². The average Bonchev–Trinajstić information content (AvgIpc) is 2.66. The Morgan fingerprint density at radius 1 is 0.900 bits per heavy atom. The average molecular weight is 431 g/mol. The second-order valence-corrected chi connectivity index (χ2v) is 6.77. The second-order valence-electron chi connectivity index (χ2n) is 6.77. The molecule has 3 atom stereocenters. The molecule has 0 heterocycles. The highest BCUT2D eigenvalue weighted by Gasteiger charge is 2.28. The maximum atomic E-state index is 12.5. The van der Waals surface area contributed by atoms with Crippen LogP contribution in [-0.2, 0) is 19.2 Å². The van der Waals surface area contributed by atoms with Crippen LogP contribution in [0.2, 0.25) is 0 Å². The second kappa shape index (κ2) is 15.0. The third-order valence-corrected chi connectivity index (χ3v) is 4.19. The lowest BCUT2D eigenvalue weighted by molar-refractivity contribution is -0.143. The minimum atomic E-state index is -1.28. The van der Waals surface area contributed by atoms with Gasteiger partial charge in [-0.2, -0.15) is 0 Å². The van der Waals surface area contributed by atoms with E-state index in [-0.39, 0.29) is 25.3 Å². The third-order valence-electron chi connectivity index (χ3n) is 4.19. The van der Waals surface area contributed by atoms with Gasteiger partial charge in [-0.3, -0.25) is 19.8 Å². The van der Waals surface area contributed by atoms with Crippen LogP contribution in [0.4, 0.5) is 0 Å². The van der Waals surface area contributed by atoms with Gasteiger partial charge in [0, 0.05) is 13.0 Å². The zero-order chi connectivity index (χ0) is 23.1. The first-order valence-corrected chi connectivity index (χ1v) is 9.67. The number of aliphatic carboxylic acids is 2. The van der Waals surface area contributed by atoms with Gasteiger partial charge in [-0.1, -0.05) is 6.42 Å². The number of unbranched alkanes of at least 4 members (excludes halogenated alkanes) is 1. The maximum Gasteiger partial charge on any atom is 0.326 e. The number of rotatable bonds is 16. The number of carboxylic acid groups (broad SMARTS) is 2. The molecular weight excluding hydrogens is 398 g/mol. The van der Waals surface area contributed by atoms with E-state index >= 15 is 0 Å². The zero-order valence-corrected chi connectivity index (χ0v) is 16.9. The monoisotopic (exact) mass is 431 g/mol. The van der Waals surface area contributed by atoms with Crippen molar-refractivity contribution >= 4 is 29.7 Å². The third kappa shape index (κ3) is 12.5. The Bertz CT molecular complexity index is 601. The summed E-state index contributed by atoms with van der Waals surface area (Å²) in [4.78, 5) is 47.0. The summed E-state index contributed by atoms with van der Waals surface area (Å²) in [5.74, 6) is -4.15. The van der Waals surface area contributed by atoms with Crippen LogP contribution in [0.3, 0.4) is 0 Å². The number of nitrogens with one attached hydrogen (secondary N) is 4. The molecule has 172 valence electrons. The fourth-order valence-corrected chi connectivity index (χ4v) is 2.51. The van der Waals surface area contributed by atoms with Crippen LogP contribution < -0.4 is 33.2 Å². The van der Waals surface area contributed by atoms with Gasteiger partial charge in [0.05, 0.1) is 6.04 Å². The number of carbonyl (C=O) groups excluding carboxylic acids is 2. The lowest BCUT2D eigenvalue weighted by atomic mass is 10.1. The summed E-state index contributed by atoms with van der Waals surface area (Å²) in [6.45, 7) is 0.697. The standard InChI is InChI=1S/C17H33N7O6/c18-8-2-1-4-10(19)14(27)23-11(6-7-13(25)26)15(28)24-12(16(29)30)5-3-9-22-17(20)21/h10-12H,1-9,18-19H2,(H,23,27)(H,24,28)(H,25,26)(H,29,30)(H4,20,21,22)/t10-,11-,12-/m0/s1. The number of carbonyl (C=O) groups is 4. The van der Waals surface area contributed by atoms with Crippen LogP contribution in [0.5, 0.6) is 0 Å². The first-order chi connectivity index (χ1) is 14.1. The fourth-order valence-electron chi connectivity index (χ4n) is 2.51. The molecule has 30 heavy (non-hydrogen) atoms. The Labute approximate surface area is 174 Å². The molecule has 0 spiro atoms. The molecule has 0 aromatic rings. The van der Waals surface area contributed by atoms with Gasteiger partial charge < -0.3 is 43.4 Å². The van der Waals surface area contributed by atoms with Crippen LogP contribution >= 0.6 is 0 Å². The first kappa shape index (κ1) is 27.1. The van der Waals surface area contributed by atoms with Gasteiger partial charge >= 0.3 is 11.9 Å². The molecule has 0 unspecified atom stereocenters. The molecule has 0 aliphatic rings. The summed E-state index contributed by atoms with van der Waals surface area (Å²) >= 11 is 0. The minimum Gasteiger partial charge on any atom is -0.481 e. The van der Waals surface area contributed by atoms with Gasteiger partial charge in [0.15, 0.2) is 5.96 Å². The Hall–Kier alpha value is -2.93. The van der Waals surface area contributed by atoms with Gasteiger partial charge in [0.25, 0.3) is 0 Å². The van der Waals surface area contributed by atoms with Crippen molar-refractivity contribution in [2.75, 3.05) is 13.1 Å². The maximum absolute atomic E-state index is 12.5. The van der Waals surface area contributed by atoms with E-state index in [0.717, 1.165) is 0 Å². The van der Waals surface area contributed by atoms with E-state index in [2.05, 4.69) is 16.0 Å². The van der Waals surface area contributed by atoms with E-state index in [9.17, 15) is 24.3 Å². The van der Waals surface area contributed by atoms with Crippen molar-refractivity contribution in [2.24, 2.45) is 17.2 Å². The van der Waals surface area contributed by atoms with Crippen molar-refractivity contribution in [3.8, 4) is 0 Å². The molecule has 12 N–H and O–H groups in total. The lowest BCUT2D eigenvalue weighted by Gasteiger charge is -2.22. The summed E-state index contributed by atoms with van der Waals surface area (Å²) in [6.07, 6.45) is 1.36. The highest BCUT2D eigenvalue weighted by atomic mass is 16.4. The van der Waals surface area contributed by atoms with Crippen LogP contribution in [0, 0.1) is 5.41 Å². The molecule has 0 bridgehead atoms. The molecule has 0 saturated heterocycles. The fraction of sp³-hybridized carbons (Fsp3) is 0.706. The minimum absolute atomic E-state index is 0.0412. The molecule has 2 amide bonds. The Morgan fingerprint density at radius 2 is 1.53 bits per heavy atom. The van der Waals surface area contributed by atoms with E-state index in [4.69, 9.17) is 27.7 Å². The Kier molecular flexibility index (Phi) is 13.5. The van der Waals surface area contributed by atoms with Crippen LogP contribution in [0.15, 0.2) is 0 Å². The molecule has 0 aliphatic carbocycles.